The Balaban J connectivity index is 2.34. The molecule has 6 heteroatoms. The van der Waals surface area contributed by atoms with Crippen LogP contribution in [0.5, 0.6) is 0 Å². The molecule has 3 nitrogen and oxygen atoms in total. The SMILES string of the molecule is CCCNCc1nc2cc(C(F)(F)F)ccc2n1C. The fourth-order valence-corrected chi connectivity index (χ4v) is 1.96. The highest BCUT2D eigenvalue weighted by Gasteiger charge is 2.30. The Morgan fingerprint density at radius 1 is 1.32 bits per heavy atom. The summed E-state index contributed by atoms with van der Waals surface area (Å²) in [7, 11) is 1.81. The van der Waals surface area contributed by atoms with Crippen LogP contribution < -0.4 is 5.32 Å². The van der Waals surface area contributed by atoms with Crippen molar-refractivity contribution >= 4 is 11.0 Å². The second-order valence-electron chi connectivity index (χ2n) is 4.47. The van der Waals surface area contributed by atoms with E-state index in [0.29, 0.717) is 17.6 Å². The number of fused-ring (bicyclic) bond motifs is 1. The summed E-state index contributed by atoms with van der Waals surface area (Å²) >= 11 is 0. The molecule has 0 saturated heterocycles. The molecule has 0 amide bonds. The van der Waals surface area contributed by atoms with E-state index in [2.05, 4.69) is 17.2 Å². The fourth-order valence-electron chi connectivity index (χ4n) is 1.96. The van der Waals surface area contributed by atoms with Gasteiger partial charge in [-0.1, -0.05) is 6.92 Å². The molecule has 0 unspecified atom stereocenters. The van der Waals surface area contributed by atoms with Crippen molar-refractivity contribution < 1.29 is 13.2 Å². The lowest BCUT2D eigenvalue weighted by Crippen LogP contribution is -2.16. The van der Waals surface area contributed by atoms with Crippen molar-refractivity contribution in [2.45, 2.75) is 26.1 Å². The van der Waals surface area contributed by atoms with Gasteiger partial charge in [0.1, 0.15) is 5.82 Å². The number of rotatable bonds is 4. The van der Waals surface area contributed by atoms with Gasteiger partial charge in [-0.25, -0.2) is 4.98 Å². The van der Waals surface area contributed by atoms with Crippen molar-refractivity contribution in [1.29, 1.82) is 0 Å². The van der Waals surface area contributed by atoms with Crippen molar-refractivity contribution in [1.82, 2.24) is 14.9 Å². The molecule has 0 spiro atoms. The highest BCUT2D eigenvalue weighted by atomic mass is 19.4. The second-order valence-corrected chi connectivity index (χ2v) is 4.47. The monoisotopic (exact) mass is 271 g/mol. The van der Waals surface area contributed by atoms with Crippen LogP contribution in [0.2, 0.25) is 0 Å². The van der Waals surface area contributed by atoms with E-state index >= 15 is 0 Å². The Labute approximate surface area is 109 Å². The number of benzene rings is 1. The molecule has 0 bridgehead atoms. The van der Waals surface area contributed by atoms with Crippen LogP contribution in [-0.4, -0.2) is 16.1 Å². The van der Waals surface area contributed by atoms with Crippen LogP contribution in [0.25, 0.3) is 11.0 Å². The molecule has 0 radical (unpaired) electrons. The number of nitrogens with one attached hydrogen (secondary N) is 1. The van der Waals surface area contributed by atoms with Gasteiger partial charge < -0.3 is 9.88 Å². The molecule has 2 aromatic rings. The molecule has 1 N–H and O–H groups in total. The smallest absolute Gasteiger partial charge is 0.330 e. The summed E-state index contributed by atoms with van der Waals surface area (Å²) in [5, 5.41) is 3.19. The fraction of sp³-hybridized carbons (Fsp3) is 0.462. The molecule has 2 rings (SSSR count). The van der Waals surface area contributed by atoms with E-state index in [1.165, 1.54) is 6.07 Å². The van der Waals surface area contributed by atoms with Crippen LogP contribution >= 0.6 is 0 Å². The number of imidazole rings is 1. The maximum atomic E-state index is 12.6. The number of aromatic nitrogens is 2. The van der Waals surface area contributed by atoms with Gasteiger partial charge in [-0.15, -0.1) is 0 Å². The van der Waals surface area contributed by atoms with Gasteiger partial charge in [-0.3, -0.25) is 0 Å². The van der Waals surface area contributed by atoms with E-state index in [1.807, 2.05) is 11.6 Å². The Hall–Kier alpha value is -1.56. The number of alkyl halides is 3. The zero-order chi connectivity index (χ0) is 14.0. The molecule has 1 aromatic heterocycles. The van der Waals surface area contributed by atoms with Crippen molar-refractivity contribution in [3.8, 4) is 0 Å². The van der Waals surface area contributed by atoms with Gasteiger partial charge in [-0.2, -0.15) is 13.2 Å². The number of aryl methyl sites for hydroxylation is 1. The van der Waals surface area contributed by atoms with Gasteiger partial charge in [0.15, 0.2) is 0 Å². The molecule has 0 saturated carbocycles. The van der Waals surface area contributed by atoms with E-state index in [4.69, 9.17) is 0 Å². The van der Waals surface area contributed by atoms with Gasteiger partial charge in [-0.05, 0) is 31.2 Å². The van der Waals surface area contributed by atoms with Crippen LogP contribution in [0.15, 0.2) is 18.2 Å². The quantitative estimate of drug-likeness (QED) is 0.866. The summed E-state index contributed by atoms with van der Waals surface area (Å²) in [5.41, 5.74) is 0.429. The summed E-state index contributed by atoms with van der Waals surface area (Å²) in [6, 6.07) is 3.65. The van der Waals surface area contributed by atoms with Crippen molar-refractivity contribution in [3.63, 3.8) is 0 Å². The molecule has 0 aliphatic heterocycles. The first-order valence-electron chi connectivity index (χ1n) is 6.16. The topological polar surface area (TPSA) is 29.9 Å². The lowest BCUT2D eigenvalue weighted by Gasteiger charge is -2.06. The predicted molar refractivity (Wildman–Crippen MR) is 67.7 cm³/mol. The number of nitrogens with zero attached hydrogens (tertiary/aromatic N) is 2. The van der Waals surface area contributed by atoms with E-state index in [0.717, 1.165) is 30.9 Å². The minimum atomic E-state index is -4.33. The standard InChI is InChI=1S/C13H16F3N3/c1-3-6-17-8-12-18-10-7-9(13(14,15)16)4-5-11(10)19(12)2/h4-5,7,17H,3,6,8H2,1-2H3. The van der Waals surface area contributed by atoms with Crippen LogP contribution in [0.1, 0.15) is 24.7 Å². The normalized spacial score (nSPS) is 12.3. The molecule has 104 valence electrons. The van der Waals surface area contributed by atoms with E-state index < -0.39 is 11.7 Å². The molecule has 0 atom stereocenters. The Morgan fingerprint density at radius 2 is 2.05 bits per heavy atom. The third kappa shape index (κ3) is 2.89. The van der Waals surface area contributed by atoms with Gasteiger partial charge in [0.2, 0.25) is 0 Å². The number of halogens is 3. The molecule has 1 aromatic carbocycles. The third-order valence-corrected chi connectivity index (χ3v) is 3.01. The van der Waals surface area contributed by atoms with E-state index in [9.17, 15) is 13.2 Å². The first-order chi connectivity index (χ1) is 8.93. The molecule has 0 fully saturated rings. The highest BCUT2D eigenvalue weighted by Crippen LogP contribution is 2.31. The van der Waals surface area contributed by atoms with Crippen LogP contribution in [0.4, 0.5) is 13.2 Å². The zero-order valence-corrected chi connectivity index (χ0v) is 10.9. The molecule has 1 heterocycles. The van der Waals surface area contributed by atoms with Crippen molar-refractivity contribution in [2.24, 2.45) is 7.05 Å². The Bertz CT molecular complexity index is 572. The van der Waals surface area contributed by atoms with Crippen LogP contribution in [0.3, 0.4) is 0 Å². The first-order valence-corrected chi connectivity index (χ1v) is 6.16. The van der Waals surface area contributed by atoms with Gasteiger partial charge in [0, 0.05) is 7.05 Å². The average Bonchev–Trinajstić information content (AvgIpc) is 2.65. The molecular formula is C13H16F3N3. The summed E-state index contributed by atoms with van der Waals surface area (Å²) in [6.07, 6.45) is -3.32. The summed E-state index contributed by atoms with van der Waals surface area (Å²) in [6.45, 7) is 3.47. The zero-order valence-electron chi connectivity index (χ0n) is 10.9. The minimum Gasteiger partial charge on any atom is -0.330 e. The molecule has 0 aliphatic carbocycles. The first kappa shape index (κ1) is 13.9. The summed E-state index contributed by atoms with van der Waals surface area (Å²) < 4.78 is 39.7. The number of hydrogen-bond donors (Lipinski definition) is 1. The number of hydrogen-bond acceptors (Lipinski definition) is 2. The maximum Gasteiger partial charge on any atom is 0.416 e. The maximum absolute atomic E-state index is 12.6. The molecule has 19 heavy (non-hydrogen) atoms. The molecular weight excluding hydrogens is 255 g/mol. The third-order valence-electron chi connectivity index (χ3n) is 3.01. The summed E-state index contributed by atoms with van der Waals surface area (Å²) in [5.74, 6) is 0.739. The highest BCUT2D eigenvalue weighted by molar-refractivity contribution is 5.77. The molecule has 0 aliphatic rings. The van der Waals surface area contributed by atoms with Gasteiger partial charge in [0.05, 0.1) is 23.1 Å². The predicted octanol–water partition coefficient (Wildman–Crippen LogP) is 3.09. The van der Waals surface area contributed by atoms with Gasteiger partial charge >= 0.3 is 6.18 Å². The van der Waals surface area contributed by atoms with E-state index in [1.54, 1.807) is 0 Å². The lowest BCUT2D eigenvalue weighted by atomic mass is 10.2. The van der Waals surface area contributed by atoms with Crippen molar-refractivity contribution in [2.75, 3.05) is 6.54 Å². The largest absolute Gasteiger partial charge is 0.416 e. The summed E-state index contributed by atoms with van der Waals surface area (Å²) in [4.78, 5) is 4.26. The van der Waals surface area contributed by atoms with Crippen molar-refractivity contribution in [3.05, 3.63) is 29.6 Å². The average molecular weight is 271 g/mol. The Kier molecular flexibility index (Phi) is 3.80. The Morgan fingerprint density at radius 3 is 2.68 bits per heavy atom. The van der Waals surface area contributed by atoms with Crippen LogP contribution in [-0.2, 0) is 19.8 Å². The minimum absolute atomic E-state index is 0.380. The van der Waals surface area contributed by atoms with Gasteiger partial charge in [0.25, 0.3) is 0 Å². The second kappa shape index (κ2) is 5.21. The van der Waals surface area contributed by atoms with E-state index in [-0.39, 0.29) is 0 Å². The van der Waals surface area contributed by atoms with Crippen LogP contribution in [0, 0.1) is 0 Å². The lowest BCUT2D eigenvalue weighted by molar-refractivity contribution is -0.137.